The van der Waals surface area contributed by atoms with Crippen LogP contribution >= 0.6 is 22.9 Å². The molecule has 3 aromatic rings. The lowest BCUT2D eigenvalue weighted by Crippen LogP contribution is -2.50. The van der Waals surface area contributed by atoms with E-state index >= 15 is 0 Å². The molecule has 10 heteroatoms. The second-order valence-corrected chi connectivity index (χ2v) is 12.2. The molecule has 1 aliphatic heterocycles. The zero-order valence-corrected chi connectivity index (χ0v) is 24.3. The fraction of sp³-hybridized carbons (Fsp3) is 0.500. The molecule has 1 saturated carbocycles. The number of benzene rings is 2. The number of rotatable bonds is 11. The van der Waals surface area contributed by atoms with E-state index in [9.17, 15) is 14.0 Å². The molecule has 0 saturated heterocycles. The molecule has 1 unspecified atom stereocenters. The third-order valence-electron chi connectivity index (χ3n) is 7.80. The number of ether oxygens (including phenoxy) is 1. The van der Waals surface area contributed by atoms with Crippen LogP contribution in [0.5, 0.6) is 0 Å². The van der Waals surface area contributed by atoms with Crippen LogP contribution in [0.25, 0.3) is 10.2 Å². The number of carbonyl (C=O) groups excluding carboxylic acids is 2. The molecule has 5 rings (SSSR count). The maximum absolute atomic E-state index is 13.9. The van der Waals surface area contributed by atoms with E-state index in [-0.39, 0.29) is 30.7 Å². The van der Waals surface area contributed by atoms with Crippen molar-refractivity contribution in [2.24, 2.45) is 5.92 Å². The summed E-state index contributed by atoms with van der Waals surface area (Å²) in [5.41, 5.74) is 2.71. The number of anilines is 2. The molecule has 0 bridgehead atoms. The predicted molar refractivity (Wildman–Crippen MR) is 159 cm³/mol. The average molecular weight is 587 g/mol. The minimum atomic E-state index is -0.496. The number of hydrogen-bond acceptors (Lipinski definition) is 7. The summed E-state index contributed by atoms with van der Waals surface area (Å²) in [5, 5.41) is 7.90. The zero-order chi connectivity index (χ0) is 28.1. The van der Waals surface area contributed by atoms with Crippen LogP contribution in [0.4, 0.5) is 15.2 Å². The first kappa shape index (κ1) is 28.6. The van der Waals surface area contributed by atoms with E-state index in [2.05, 4.69) is 15.5 Å². The van der Waals surface area contributed by atoms with Gasteiger partial charge in [-0.1, -0.05) is 55.0 Å². The Labute approximate surface area is 243 Å². The van der Waals surface area contributed by atoms with Crippen molar-refractivity contribution in [1.82, 2.24) is 10.3 Å². The van der Waals surface area contributed by atoms with Crippen LogP contribution in [0.1, 0.15) is 57.4 Å². The third-order valence-corrected chi connectivity index (χ3v) is 8.98. The van der Waals surface area contributed by atoms with Gasteiger partial charge in [0.2, 0.25) is 5.91 Å². The minimum Gasteiger partial charge on any atom is -0.466 e. The van der Waals surface area contributed by atoms with Crippen molar-refractivity contribution >= 4 is 55.8 Å². The largest absolute Gasteiger partial charge is 0.466 e. The number of amides is 1. The van der Waals surface area contributed by atoms with Gasteiger partial charge in [0.15, 0.2) is 5.13 Å². The number of nitrogens with one attached hydrogen (secondary N) is 2. The molecule has 2 aliphatic rings. The Morgan fingerprint density at radius 3 is 2.83 bits per heavy atom. The van der Waals surface area contributed by atoms with Crippen molar-refractivity contribution in [1.29, 1.82) is 0 Å². The summed E-state index contributed by atoms with van der Waals surface area (Å²) in [6.07, 6.45) is 7.28. The lowest BCUT2D eigenvalue weighted by molar-refractivity contribution is -0.143. The summed E-state index contributed by atoms with van der Waals surface area (Å²) in [6.45, 7) is 3.18. The quantitative estimate of drug-likeness (QED) is 0.255. The highest BCUT2D eigenvalue weighted by Crippen LogP contribution is 2.32. The second-order valence-electron chi connectivity index (χ2n) is 10.8. The van der Waals surface area contributed by atoms with Crippen LogP contribution in [-0.2, 0) is 20.7 Å². The maximum Gasteiger partial charge on any atom is 0.307 e. The maximum atomic E-state index is 13.9. The van der Waals surface area contributed by atoms with Gasteiger partial charge in [0.25, 0.3) is 0 Å². The van der Waals surface area contributed by atoms with Crippen molar-refractivity contribution in [3.8, 4) is 0 Å². The number of fused-ring (bicyclic) bond motifs is 2. The molecule has 2 atom stereocenters. The van der Waals surface area contributed by atoms with Gasteiger partial charge in [0.05, 0.1) is 29.3 Å². The highest BCUT2D eigenvalue weighted by Gasteiger charge is 2.30. The molecule has 2 aromatic carbocycles. The summed E-state index contributed by atoms with van der Waals surface area (Å²) in [4.78, 5) is 33.2. The molecule has 1 aliphatic carbocycles. The van der Waals surface area contributed by atoms with E-state index in [1.165, 1.54) is 36.7 Å². The van der Waals surface area contributed by atoms with Gasteiger partial charge in [-0.05, 0) is 67.6 Å². The fourth-order valence-corrected chi connectivity index (χ4v) is 7.07. The van der Waals surface area contributed by atoms with Gasteiger partial charge in [-0.15, -0.1) is 0 Å². The lowest BCUT2D eigenvalue weighted by atomic mass is 9.84. The zero-order valence-electron chi connectivity index (χ0n) is 22.8. The lowest BCUT2D eigenvalue weighted by Gasteiger charge is -2.30. The van der Waals surface area contributed by atoms with Crippen molar-refractivity contribution in [3.05, 3.63) is 52.8 Å². The van der Waals surface area contributed by atoms with Crippen molar-refractivity contribution in [2.45, 2.75) is 70.4 Å². The van der Waals surface area contributed by atoms with Crippen LogP contribution in [0.3, 0.4) is 0 Å². The number of aromatic nitrogens is 1. The van der Waals surface area contributed by atoms with Gasteiger partial charge in [-0.3, -0.25) is 9.59 Å². The number of halogens is 2. The Kier molecular flexibility index (Phi) is 9.42. The molecule has 0 spiro atoms. The second kappa shape index (κ2) is 13.2. The summed E-state index contributed by atoms with van der Waals surface area (Å²) in [7, 11) is 0. The Bertz CT molecular complexity index is 1350. The monoisotopic (exact) mass is 586 g/mol. The topological polar surface area (TPSA) is 83.6 Å². The van der Waals surface area contributed by atoms with Crippen molar-refractivity contribution < 1.29 is 18.7 Å². The van der Waals surface area contributed by atoms with Crippen LogP contribution < -0.4 is 15.5 Å². The molecule has 2 heterocycles. The first-order valence-electron chi connectivity index (χ1n) is 14.2. The molecule has 2 N–H and O–H groups in total. The molecule has 7 nitrogen and oxygen atoms in total. The number of esters is 1. The number of carbonyl (C=O) groups is 2. The van der Waals surface area contributed by atoms with Crippen LogP contribution in [0, 0.1) is 11.7 Å². The van der Waals surface area contributed by atoms with E-state index in [1.807, 2.05) is 18.2 Å². The van der Waals surface area contributed by atoms with Crippen LogP contribution in [-0.4, -0.2) is 48.6 Å². The average Bonchev–Trinajstić information content (AvgIpc) is 3.51. The SMILES string of the molecule is CCOC(=O)CC(CN1CCc2cc(F)ccc21)NC(=O)[C@H](CC1CCCCC1)Nc1nc2ccc(Cl)cc2s1. The molecule has 1 fully saturated rings. The summed E-state index contributed by atoms with van der Waals surface area (Å²) < 4.78 is 20.0. The Morgan fingerprint density at radius 2 is 2.02 bits per heavy atom. The van der Waals surface area contributed by atoms with E-state index in [0.29, 0.717) is 35.6 Å². The molecule has 1 aromatic heterocycles. The molecular formula is C30H36ClFN4O3S. The highest BCUT2D eigenvalue weighted by molar-refractivity contribution is 7.22. The fourth-order valence-electron chi connectivity index (χ4n) is 5.88. The Morgan fingerprint density at radius 1 is 1.20 bits per heavy atom. The first-order valence-corrected chi connectivity index (χ1v) is 15.4. The van der Waals surface area contributed by atoms with Crippen molar-refractivity contribution in [2.75, 3.05) is 29.9 Å². The highest BCUT2D eigenvalue weighted by atomic mass is 35.5. The van der Waals surface area contributed by atoms with Gasteiger partial charge < -0.3 is 20.3 Å². The van der Waals surface area contributed by atoms with Crippen molar-refractivity contribution in [3.63, 3.8) is 0 Å². The normalized spacial score (nSPS) is 16.9. The van der Waals surface area contributed by atoms with Crippen LogP contribution in [0.2, 0.25) is 5.02 Å². The smallest absolute Gasteiger partial charge is 0.307 e. The number of nitrogens with zero attached hydrogens (tertiary/aromatic N) is 2. The van der Waals surface area contributed by atoms with Gasteiger partial charge >= 0.3 is 5.97 Å². The molecule has 214 valence electrons. The Hall–Kier alpha value is -2.91. The first-order chi connectivity index (χ1) is 19.4. The van der Waals surface area contributed by atoms with E-state index in [4.69, 9.17) is 21.3 Å². The van der Waals surface area contributed by atoms with Gasteiger partial charge in [0, 0.05) is 23.8 Å². The predicted octanol–water partition coefficient (Wildman–Crippen LogP) is 6.34. The van der Waals surface area contributed by atoms with E-state index in [1.54, 1.807) is 19.1 Å². The molecule has 1 amide bonds. The summed E-state index contributed by atoms with van der Waals surface area (Å²) in [6, 6.07) is 9.39. The Balaban J connectivity index is 1.34. The minimum absolute atomic E-state index is 0.0579. The number of hydrogen-bond donors (Lipinski definition) is 2. The van der Waals surface area contributed by atoms with E-state index in [0.717, 1.165) is 40.7 Å². The van der Waals surface area contributed by atoms with Gasteiger partial charge in [-0.25, -0.2) is 9.37 Å². The molecule has 0 radical (unpaired) electrons. The summed E-state index contributed by atoms with van der Waals surface area (Å²) >= 11 is 7.65. The van der Waals surface area contributed by atoms with Gasteiger partial charge in [0.1, 0.15) is 11.9 Å². The molecular weight excluding hydrogens is 551 g/mol. The molecule has 40 heavy (non-hydrogen) atoms. The third kappa shape index (κ3) is 7.23. The number of thiazole rings is 1. The standard InChI is InChI=1S/C30H36ClFN4O3S/c1-2-39-28(37)17-23(18-36-13-12-20-15-22(32)9-11-26(20)36)33-29(38)25(14-19-6-4-3-5-7-19)35-30-34-24-10-8-21(31)16-27(24)40-30/h8-11,15-16,19,23,25H,2-7,12-14,17-18H2,1H3,(H,33,38)(H,34,35)/t23?,25-/m0/s1. The van der Waals surface area contributed by atoms with Gasteiger partial charge in [-0.2, -0.15) is 0 Å². The van der Waals surface area contributed by atoms with Crippen LogP contribution in [0.15, 0.2) is 36.4 Å². The van der Waals surface area contributed by atoms with E-state index < -0.39 is 12.1 Å². The summed E-state index contributed by atoms with van der Waals surface area (Å²) in [5.74, 6) is -0.322.